The van der Waals surface area contributed by atoms with Crippen LogP contribution in [0.5, 0.6) is 0 Å². The van der Waals surface area contributed by atoms with Gasteiger partial charge in [-0.05, 0) is 0 Å². The quantitative estimate of drug-likeness (QED) is 0.164. The molecule has 0 N–H and O–H groups in total. The standard InChI is InChI=1S/C16H4F30/c17-3(18,1-2-4(19,20)6(23,24)8(27,28)13(37,38)15(41,42)43)5(21,22)7(25,26)9(29,30)10(31,32)11(33,34)12(35,36)14(39,40)16(44,45)46/h1-2H2. The smallest absolute Gasteiger partial charge is 0.200 e. The molecule has 0 unspecified atom stereocenters. The van der Waals surface area contributed by atoms with E-state index in [0.29, 0.717) is 0 Å². The van der Waals surface area contributed by atoms with E-state index in [1.807, 2.05) is 0 Å². The Kier molecular flexibility index (Phi) is 10.2. The van der Waals surface area contributed by atoms with Crippen molar-refractivity contribution in [2.24, 2.45) is 0 Å². The fourth-order valence-electron chi connectivity index (χ4n) is 2.63. The lowest BCUT2D eigenvalue weighted by atomic mass is 9.86. The number of hydrogen-bond acceptors (Lipinski definition) is 0. The summed E-state index contributed by atoms with van der Waals surface area (Å²) in [6.45, 7) is 0. The van der Waals surface area contributed by atoms with Gasteiger partial charge in [-0.2, -0.15) is 132 Å². The van der Waals surface area contributed by atoms with Crippen LogP contribution in [0.15, 0.2) is 0 Å². The second kappa shape index (κ2) is 10.7. The fraction of sp³-hybridized carbons (Fsp3) is 1.00. The van der Waals surface area contributed by atoms with Gasteiger partial charge >= 0.3 is 83.4 Å². The van der Waals surface area contributed by atoms with Crippen LogP contribution in [0.1, 0.15) is 12.8 Å². The molecule has 0 fully saturated rings. The van der Waals surface area contributed by atoms with E-state index in [4.69, 9.17) is 0 Å². The first kappa shape index (κ1) is 43.9. The van der Waals surface area contributed by atoms with E-state index in [1.54, 1.807) is 0 Å². The largest absolute Gasteiger partial charge is 0.460 e. The minimum atomic E-state index is -9.47. The van der Waals surface area contributed by atoms with Crippen molar-refractivity contribution in [2.75, 3.05) is 0 Å². The molecule has 0 aliphatic heterocycles. The molecule has 0 rings (SSSR count). The highest BCUT2D eigenvalue weighted by molar-refractivity contribution is 5.17. The third-order valence-electron chi connectivity index (χ3n) is 5.54. The topological polar surface area (TPSA) is 0 Å². The summed E-state index contributed by atoms with van der Waals surface area (Å²) in [5, 5.41) is 0. The van der Waals surface area contributed by atoms with Gasteiger partial charge in [-0.15, -0.1) is 0 Å². The summed E-state index contributed by atoms with van der Waals surface area (Å²) in [7, 11) is 0. The SMILES string of the molecule is FC(F)(F)C(F)(F)C(F)(F)C(F)(F)C(F)(F)CCC(F)(F)C(F)(F)C(F)(F)C(F)(F)C(F)(F)C(F)(F)C(F)(F)C(F)(F)C(F)(F)F. The van der Waals surface area contributed by atoms with E-state index < -0.39 is 96.3 Å². The number of halogens is 30. The summed E-state index contributed by atoms with van der Waals surface area (Å²) in [6, 6.07) is 0. The van der Waals surface area contributed by atoms with Crippen LogP contribution in [0.25, 0.3) is 0 Å². The second-order valence-electron chi connectivity index (χ2n) is 8.65. The van der Waals surface area contributed by atoms with Crippen molar-refractivity contribution in [2.45, 2.75) is 96.3 Å². The van der Waals surface area contributed by atoms with Crippen LogP contribution < -0.4 is 0 Å². The van der Waals surface area contributed by atoms with E-state index in [9.17, 15) is 132 Å². The second-order valence-corrected chi connectivity index (χ2v) is 8.65. The third kappa shape index (κ3) is 5.50. The van der Waals surface area contributed by atoms with Crippen LogP contribution in [0, 0.1) is 0 Å². The zero-order chi connectivity index (χ0) is 38.4. The minimum absolute atomic E-state index is 4.53. The lowest BCUT2D eigenvalue weighted by molar-refractivity contribution is -0.469. The Morgan fingerprint density at radius 1 is 0.174 bits per heavy atom. The Hall–Kier alpha value is -2.10. The summed E-state index contributed by atoms with van der Waals surface area (Å²) in [5.74, 6) is -105. The van der Waals surface area contributed by atoms with E-state index >= 15 is 0 Å². The van der Waals surface area contributed by atoms with Crippen LogP contribution in [-0.2, 0) is 0 Å². The Bertz CT molecular complexity index is 1080. The summed E-state index contributed by atoms with van der Waals surface area (Å²) in [5.41, 5.74) is 0. The van der Waals surface area contributed by atoms with Gasteiger partial charge in [0.05, 0.1) is 0 Å². The maximum absolute atomic E-state index is 13.6. The summed E-state index contributed by atoms with van der Waals surface area (Å²) in [4.78, 5) is 0. The molecule has 0 atom stereocenters. The van der Waals surface area contributed by atoms with Gasteiger partial charge in [-0.1, -0.05) is 0 Å². The Balaban J connectivity index is 6.90. The predicted molar refractivity (Wildman–Crippen MR) is 80.7 cm³/mol. The van der Waals surface area contributed by atoms with Crippen molar-refractivity contribution >= 4 is 0 Å². The summed E-state index contributed by atoms with van der Waals surface area (Å²) >= 11 is 0. The lowest BCUT2D eigenvalue weighted by Crippen LogP contribution is -2.75. The average Bonchev–Trinajstić information content (AvgIpc) is 2.80. The van der Waals surface area contributed by atoms with Crippen LogP contribution in [0.4, 0.5) is 132 Å². The Morgan fingerprint density at radius 2 is 0.304 bits per heavy atom. The monoisotopic (exact) mass is 766 g/mol. The zero-order valence-electron chi connectivity index (χ0n) is 19.8. The van der Waals surface area contributed by atoms with E-state index in [2.05, 4.69) is 0 Å². The molecule has 30 heteroatoms. The highest BCUT2D eigenvalue weighted by Crippen LogP contribution is 2.66. The van der Waals surface area contributed by atoms with Crippen LogP contribution >= 0.6 is 0 Å². The molecule has 0 aliphatic rings. The van der Waals surface area contributed by atoms with Gasteiger partial charge in [0, 0.05) is 12.8 Å². The highest BCUT2D eigenvalue weighted by atomic mass is 19.4. The molecule has 0 aromatic heterocycles. The summed E-state index contributed by atoms with van der Waals surface area (Å²) < 4.78 is 391. The Labute approximate surface area is 229 Å². The van der Waals surface area contributed by atoms with Crippen molar-refractivity contribution < 1.29 is 132 Å². The van der Waals surface area contributed by atoms with Crippen LogP contribution in [-0.4, -0.2) is 83.4 Å². The fourth-order valence-corrected chi connectivity index (χ4v) is 2.63. The molecule has 278 valence electrons. The number of alkyl halides is 30. The van der Waals surface area contributed by atoms with Gasteiger partial charge < -0.3 is 0 Å². The first-order valence-corrected chi connectivity index (χ1v) is 9.88. The number of hydrogen-bond donors (Lipinski definition) is 0. The Morgan fingerprint density at radius 3 is 0.478 bits per heavy atom. The maximum Gasteiger partial charge on any atom is 0.460 e. The predicted octanol–water partition coefficient (Wildman–Crippen LogP) is 10.5. The van der Waals surface area contributed by atoms with E-state index in [-0.39, 0.29) is 0 Å². The van der Waals surface area contributed by atoms with Gasteiger partial charge in [0.15, 0.2) is 0 Å². The average molecular weight is 766 g/mol. The first-order valence-electron chi connectivity index (χ1n) is 9.88. The third-order valence-corrected chi connectivity index (χ3v) is 5.54. The molecule has 0 bridgehead atoms. The highest BCUT2D eigenvalue weighted by Gasteiger charge is 2.97. The van der Waals surface area contributed by atoms with Crippen molar-refractivity contribution in [3.63, 3.8) is 0 Å². The van der Waals surface area contributed by atoms with Crippen molar-refractivity contribution in [3.05, 3.63) is 0 Å². The van der Waals surface area contributed by atoms with Crippen molar-refractivity contribution in [3.8, 4) is 0 Å². The number of rotatable bonds is 13. The summed E-state index contributed by atoms with van der Waals surface area (Å²) in [6.07, 6.45) is -25.3. The van der Waals surface area contributed by atoms with E-state index in [0.717, 1.165) is 0 Å². The molecule has 46 heavy (non-hydrogen) atoms. The minimum Gasteiger partial charge on any atom is -0.200 e. The molecular formula is C16H4F30. The molecular weight excluding hydrogens is 762 g/mol. The van der Waals surface area contributed by atoms with Gasteiger partial charge in [0.2, 0.25) is 0 Å². The van der Waals surface area contributed by atoms with Crippen LogP contribution in [0.2, 0.25) is 0 Å². The zero-order valence-corrected chi connectivity index (χ0v) is 19.8. The van der Waals surface area contributed by atoms with Gasteiger partial charge in [0.1, 0.15) is 0 Å². The molecule has 0 aromatic carbocycles. The van der Waals surface area contributed by atoms with E-state index in [1.165, 1.54) is 0 Å². The molecule has 0 nitrogen and oxygen atoms in total. The molecule has 0 amide bonds. The molecule has 0 saturated heterocycles. The normalized spacial score (nSPS) is 17.1. The van der Waals surface area contributed by atoms with Crippen molar-refractivity contribution in [1.82, 2.24) is 0 Å². The molecule has 0 aliphatic carbocycles. The first-order chi connectivity index (χ1) is 19.2. The van der Waals surface area contributed by atoms with Crippen molar-refractivity contribution in [1.29, 1.82) is 0 Å². The molecule has 0 heterocycles. The molecule has 0 spiro atoms. The lowest BCUT2D eigenvalue weighted by Gasteiger charge is -2.44. The van der Waals surface area contributed by atoms with Gasteiger partial charge in [0.25, 0.3) is 0 Å². The molecule has 0 saturated carbocycles. The maximum atomic E-state index is 13.6. The molecule has 0 aromatic rings. The van der Waals surface area contributed by atoms with Crippen LogP contribution in [0.3, 0.4) is 0 Å². The molecule has 0 radical (unpaired) electrons. The van der Waals surface area contributed by atoms with Gasteiger partial charge in [-0.25, -0.2) is 0 Å². The van der Waals surface area contributed by atoms with Gasteiger partial charge in [-0.3, -0.25) is 0 Å².